The Balaban J connectivity index is 0.919. The zero-order valence-electron chi connectivity index (χ0n) is 35.4. The summed E-state index contributed by atoms with van der Waals surface area (Å²) in [6.07, 6.45) is 3.66. The van der Waals surface area contributed by atoms with Crippen LogP contribution in [0.5, 0.6) is 0 Å². The lowest BCUT2D eigenvalue weighted by molar-refractivity contribution is 0.668. The fraction of sp³-hybridized carbons (Fsp3) is 0. The van der Waals surface area contributed by atoms with Crippen molar-refractivity contribution in [2.75, 3.05) is 0 Å². The number of benzene rings is 9. The van der Waals surface area contributed by atoms with Crippen molar-refractivity contribution in [3.8, 4) is 56.1 Å². The second kappa shape index (κ2) is 14.3. The molecule has 0 fully saturated rings. The third-order valence-electron chi connectivity index (χ3n) is 13.3. The Labute approximate surface area is 377 Å². The number of aromatic nitrogens is 4. The molecule has 6 nitrogen and oxygen atoms in total. The summed E-state index contributed by atoms with van der Waals surface area (Å²) in [5, 5.41) is 6.84. The molecule has 0 spiro atoms. The fourth-order valence-electron chi connectivity index (χ4n) is 10.1. The van der Waals surface area contributed by atoms with Gasteiger partial charge in [0.15, 0.2) is 0 Å². The second-order valence-electron chi connectivity index (χ2n) is 17.0. The van der Waals surface area contributed by atoms with E-state index >= 15 is 0 Å². The highest BCUT2D eigenvalue weighted by molar-refractivity contribution is 6.13. The van der Waals surface area contributed by atoms with E-state index in [1.165, 1.54) is 10.8 Å². The van der Waals surface area contributed by atoms with Crippen molar-refractivity contribution >= 4 is 76.7 Å². The van der Waals surface area contributed by atoms with E-state index in [1.807, 2.05) is 54.9 Å². The monoisotopic (exact) mass is 844 g/mol. The van der Waals surface area contributed by atoms with Crippen molar-refractivity contribution < 1.29 is 8.83 Å². The van der Waals surface area contributed by atoms with Crippen LogP contribution in [0.2, 0.25) is 0 Å². The molecular weight excluding hydrogens is 809 g/mol. The van der Waals surface area contributed by atoms with E-state index < -0.39 is 0 Å². The number of pyridine rings is 1. The van der Waals surface area contributed by atoms with Gasteiger partial charge in [-0.2, -0.15) is 0 Å². The minimum Gasteiger partial charge on any atom is -0.456 e. The van der Waals surface area contributed by atoms with Crippen LogP contribution in [0.4, 0.5) is 0 Å². The highest BCUT2D eigenvalue weighted by atomic mass is 16.3. The minimum absolute atomic E-state index is 0.892. The van der Waals surface area contributed by atoms with Crippen LogP contribution in [0.3, 0.4) is 0 Å². The van der Waals surface area contributed by atoms with E-state index in [1.54, 1.807) is 0 Å². The van der Waals surface area contributed by atoms with Crippen molar-refractivity contribution in [2.24, 2.45) is 0 Å². The molecule has 5 heterocycles. The normalized spacial score (nSPS) is 11.9. The average molecular weight is 845 g/mol. The molecule has 14 rings (SSSR count). The van der Waals surface area contributed by atoms with Crippen molar-refractivity contribution in [1.29, 1.82) is 0 Å². The summed E-state index contributed by atoms with van der Waals surface area (Å²) in [5.41, 5.74) is 17.9. The van der Waals surface area contributed by atoms with Gasteiger partial charge in [0.05, 0.1) is 22.1 Å². The molecule has 0 aliphatic carbocycles. The number of nitrogens with zero attached hydrogens (tertiary/aromatic N) is 4. The molecule has 0 radical (unpaired) electrons. The highest BCUT2D eigenvalue weighted by Crippen LogP contribution is 2.41. The summed E-state index contributed by atoms with van der Waals surface area (Å²) >= 11 is 0. The fourth-order valence-corrected chi connectivity index (χ4v) is 10.1. The smallest absolute Gasteiger partial charge is 0.145 e. The molecular formula is C60H36N4O2. The highest BCUT2D eigenvalue weighted by Gasteiger charge is 2.19. The second-order valence-corrected chi connectivity index (χ2v) is 17.0. The SMILES string of the molecule is c1ccc2c(c1)nc(-c1ccc(-c3ccncc3)cc1)n2-c1ccc(-n2c3ccc(-c4ccc5oc6ccccc6c5c4)cc3c3cc(-c4ccc5oc6ccccc6c5c4)ccc32)cc1. The van der Waals surface area contributed by atoms with E-state index in [0.717, 1.165) is 122 Å². The van der Waals surface area contributed by atoms with Gasteiger partial charge in [-0.25, -0.2) is 4.98 Å². The van der Waals surface area contributed by atoms with Crippen molar-refractivity contribution in [2.45, 2.75) is 0 Å². The molecule has 0 bridgehead atoms. The third kappa shape index (κ3) is 5.68. The van der Waals surface area contributed by atoms with Crippen LogP contribution in [0.15, 0.2) is 227 Å². The van der Waals surface area contributed by atoms with Gasteiger partial charge in [-0.3, -0.25) is 9.55 Å². The molecule has 0 aliphatic rings. The molecule has 0 unspecified atom stereocenters. The molecule has 0 atom stereocenters. The first-order chi connectivity index (χ1) is 32.7. The van der Waals surface area contributed by atoms with Gasteiger partial charge in [-0.1, -0.05) is 97.1 Å². The number of fused-ring (bicyclic) bond motifs is 10. The Morgan fingerprint density at radius 1 is 0.303 bits per heavy atom. The van der Waals surface area contributed by atoms with Gasteiger partial charge in [0.2, 0.25) is 0 Å². The van der Waals surface area contributed by atoms with E-state index in [2.05, 4.69) is 178 Å². The van der Waals surface area contributed by atoms with Gasteiger partial charge in [-0.15, -0.1) is 0 Å². The maximum Gasteiger partial charge on any atom is 0.145 e. The Morgan fingerprint density at radius 2 is 0.742 bits per heavy atom. The molecule has 9 aromatic carbocycles. The zero-order chi connectivity index (χ0) is 43.3. The first kappa shape index (κ1) is 36.5. The summed E-state index contributed by atoms with van der Waals surface area (Å²) in [6.45, 7) is 0. The van der Waals surface area contributed by atoms with Gasteiger partial charge in [0.1, 0.15) is 28.2 Å². The van der Waals surface area contributed by atoms with Crippen LogP contribution >= 0.6 is 0 Å². The molecule has 66 heavy (non-hydrogen) atoms. The largest absolute Gasteiger partial charge is 0.456 e. The van der Waals surface area contributed by atoms with Gasteiger partial charge in [0, 0.05) is 61.6 Å². The molecule has 14 aromatic rings. The van der Waals surface area contributed by atoms with Gasteiger partial charge in [0.25, 0.3) is 0 Å². The maximum absolute atomic E-state index is 6.21. The van der Waals surface area contributed by atoms with Gasteiger partial charge in [-0.05, 0) is 143 Å². The van der Waals surface area contributed by atoms with E-state index in [0.29, 0.717) is 0 Å². The Morgan fingerprint density at radius 3 is 1.33 bits per heavy atom. The first-order valence-electron chi connectivity index (χ1n) is 22.2. The number of para-hydroxylation sites is 4. The quantitative estimate of drug-likeness (QED) is 0.167. The van der Waals surface area contributed by atoms with Gasteiger partial charge >= 0.3 is 0 Å². The summed E-state index contributed by atoms with van der Waals surface area (Å²) in [6, 6.07) is 73.3. The number of furan rings is 2. The van der Waals surface area contributed by atoms with E-state index in [4.69, 9.17) is 13.8 Å². The number of imidazole rings is 1. The van der Waals surface area contributed by atoms with E-state index in [9.17, 15) is 0 Å². The number of hydrogen-bond donors (Lipinski definition) is 0. The summed E-state index contributed by atoms with van der Waals surface area (Å²) in [5.74, 6) is 0.894. The van der Waals surface area contributed by atoms with Crippen molar-refractivity contribution in [3.05, 3.63) is 219 Å². The summed E-state index contributed by atoms with van der Waals surface area (Å²) in [4.78, 5) is 9.37. The van der Waals surface area contributed by atoms with Crippen LogP contribution in [-0.2, 0) is 0 Å². The van der Waals surface area contributed by atoms with Gasteiger partial charge < -0.3 is 13.4 Å². The first-order valence-corrected chi connectivity index (χ1v) is 22.2. The summed E-state index contributed by atoms with van der Waals surface area (Å²) in [7, 11) is 0. The molecule has 6 heteroatoms. The predicted octanol–water partition coefficient (Wildman–Crippen LogP) is 16.0. The van der Waals surface area contributed by atoms with Crippen LogP contribution < -0.4 is 0 Å². The molecule has 0 saturated carbocycles. The lowest BCUT2D eigenvalue weighted by Gasteiger charge is -2.13. The maximum atomic E-state index is 6.21. The summed E-state index contributed by atoms with van der Waals surface area (Å²) < 4.78 is 17.1. The van der Waals surface area contributed by atoms with Crippen LogP contribution in [0, 0.1) is 0 Å². The molecule has 308 valence electrons. The Kier molecular flexibility index (Phi) is 7.88. The molecule has 0 amide bonds. The van der Waals surface area contributed by atoms with Crippen LogP contribution in [0.1, 0.15) is 0 Å². The molecule has 0 N–H and O–H groups in total. The molecule has 0 aliphatic heterocycles. The standard InChI is InChI=1S/C60H36N4O2/c1-5-11-56-46(7-1)50-35-42(19-27-58(50)65-56)40-17-25-53-48(33-40)49-34-41(43-20-28-59-51(36-43)47-8-2-6-12-57(47)66-59)18-26-54(49)63(53)44-21-23-45(24-22-44)64-55-10-4-3-9-52(55)62-60(64)39-15-13-37(14-16-39)38-29-31-61-32-30-38/h1-36H. The van der Waals surface area contributed by atoms with Crippen LogP contribution in [-0.4, -0.2) is 19.1 Å². The minimum atomic E-state index is 0.892. The Bertz CT molecular complexity index is 4040. The molecule has 5 aromatic heterocycles. The molecule has 0 saturated heterocycles. The number of rotatable bonds is 6. The predicted molar refractivity (Wildman–Crippen MR) is 270 cm³/mol. The number of hydrogen-bond acceptors (Lipinski definition) is 4. The lowest BCUT2D eigenvalue weighted by atomic mass is 9.98. The average Bonchev–Trinajstić information content (AvgIpc) is 4.15. The van der Waals surface area contributed by atoms with Crippen molar-refractivity contribution in [3.63, 3.8) is 0 Å². The van der Waals surface area contributed by atoms with E-state index in [-0.39, 0.29) is 0 Å². The zero-order valence-corrected chi connectivity index (χ0v) is 35.4. The topological polar surface area (TPSA) is 61.9 Å². The van der Waals surface area contributed by atoms with Crippen molar-refractivity contribution in [1.82, 2.24) is 19.1 Å². The lowest BCUT2D eigenvalue weighted by Crippen LogP contribution is -1.99. The third-order valence-corrected chi connectivity index (χ3v) is 13.3. The van der Waals surface area contributed by atoms with Crippen LogP contribution in [0.25, 0.3) is 133 Å². The Hall–Kier alpha value is -9.00.